The second kappa shape index (κ2) is 3.66. The number of nitrogens with two attached hydrogens (primary N) is 1. The third-order valence-electron chi connectivity index (χ3n) is 1.86. The lowest BCUT2D eigenvalue weighted by Crippen LogP contribution is -2.55. The van der Waals surface area contributed by atoms with Crippen LogP contribution >= 0.6 is 7.60 Å². The molecule has 0 rings (SSSR count). The molecule has 0 aromatic heterocycles. The molecule has 82 valence electrons. The Hall–Kier alpha value is -0.950. The Balaban J connectivity index is 5.45. The lowest BCUT2D eigenvalue weighted by atomic mass is 10.0. The first-order valence-electron chi connectivity index (χ1n) is 3.36. The van der Waals surface area contributed by atoms with E-state index < -0.39 is 30.7 Å². The van der Waals surface area contributed by atoms with Gasteiger partial charge in [0.05, 0.1) is 5.92 Å². The Bertz CT molecular complexity index is 309. The third-order valence-corrected chi connectivity index (χ3v) is 3.40. The molecule has 0 bridgehead atoms. The van der Waals surface area contributed by atoms with Gasteiger partial charge in [0.1, 0.15) is 0 Å². The summed E-state index contributed by atoms with van der Waals surface area (Å²) in [5.41, 5.74) is 4.92. The molecule has 2 unspecified atom stereocenters. The van der Waals surface area contributed by atoms with Gasteiger partial charge in [-0.25, -0.2) is 4.79 Å². The predicted octanol–water partition coefficient (Wildman–Crippen LogP) is -1.38. The molecule has 0 aliphatic heterocycles. The van der Waals surface area contributed by atoms with E-state index in [9.17, 15) is 14.2 Å². The summed E-state index contributed by atoms with van der Waals surface area (Å²) in [6, 6.07) is 0. The van der Waals surface area contributed by atoms with Gasteiger partial charge in [-0.15, -0.1) is 0 Å². The lowest BCUT2D eigenvalue weighted by molar-refractivity contribution is -0.151. The molecule has 0 saturated heterocycles. The van der Waals surface area contributed by atoms with E-state index in [0.29, 0.717) is 0 Å². The van der Waals surface area contributed by atoms with Gasteiger partial charge in [-0.05, 0) is 6.92 Å². The second-order valence-corrected chi connectivity index (χ2v) is 4.56. The summed E-state index contributed by atoms with van der Waals surface area (Å²) in [6.45, 7) is 0.815. The van der Waals surface area contributed by atoms with Crippen LogP contribution in [0.5, 0.6) is 0 Å². The van der Waals surface area contributed by atoms with Gasteiger partial charge in [-0.2, -0.15) is 0 Å². The van der Waals surface area contributed by atoms with Crippen LogP contribution in [0.15, 0.2) is 0 Å². The molecule has 0 aromatic carbocycles. The van der Waals surface area contributed by atoms with E-state index in [0.717, 1.165) is 6.92 Å². The molecule has 0 heterocycles. The molecule has 8 nitrogen and oxygen atoms in total. The van der Waals surface area contributed by atoms with Gasteiger partial charge in [-0.3, -0.25) is 9.36 Å². The lowest BCUT2D eigenvalue weighted by Gasteiger charge is -2.28. The minimum atomic E-state index is -5.26. The SMILES string of the molecule is CC(C(=O)O)C(N)(C(=O)O)P(=O)(O)O. The van der Waals surface area contributed by atoms with Crippen molar-refractivity contribution in [2.45, 2.75) is 12.2 Å². The van der Waals surface area contributed by atoms with Crippen LogP contribution in [-0.2, 0) is 14.2 Å². The van der Waals surface area contributed by atoms with Crippen LogP contribution in [0.3, 0.4) is 0 Å². The Morgan fingerprint density at radius 3 is 1.79 bits per heavy atom. The van der Waals surface area contributed by atoms with E-state index in [-0.39, 0.29) is 0 Å². The van der Waals surface area contributed by atoms with Crippen LogP contribution < -0.4 is 5.73 Å². The normalized spacial score (nSPS) is 18.3. The molecule has 2 atom stereocenters. The molecular formula is C5H10NO7P. The summed E-state index contributed by atoms with van der Waals surface area (Å²) < 4.78 is 10.8. The minimum Gasteiger partial charge on any atom is -0.481 e. The van der Waals surface area contributed by atoms with Crippen molar-refractivity contribution < 1.29 is 34.2 Å². The first-order valence-corrected chi connectivity index (χ1v) is 4.97. The third kappa shape index (κ3) is 1.93. The van der Waals surface area contributed by atoms with E-state index in [1.807, 2.05) is 0 Å². The summed E-state index contributed by atoms with van der Waals surface area (Å²) in [5.74, 6) is -5.65. The van der Waals surface area contributed by atoms with E-state index in [1.165, 1.54) is 0 Å². The highest BCUT2D eigenvalue weighted by molar-refractivity contribution is 7.54. The molecular weight excluding hydrogens is 217 g/mol. The van der Waals surface area contributed by atoms with E-state index in [4.69, 9.17) is 25.7 Å². The van der Waals surface area contributed by atoms with Crippen molar-refractivity contribution in [3.63, 3.8) is 0 Å². The Morgan fingerprint density at radius 2 is 1.71 bits per heavy atom. The number of carbonyl (C=O) groups is 2. The summed E-state index contributed by atoms with van der Waals surface area (Å²) in [6.07, 6.45) is 0. The summed E-state index contributed by atoms with van der Waals surface area (Å²) in [7, 11) is -5.26. The van der Waals surface area contributed by atoms with E-state index >= 15 is 0 Å². The largest absolute Gasteiger partial charge is 0.481 e. The molecule has 9 heteroatoms. The van der Waals surface area contributed by atoms with Crippen LogP contribution in [-0.4, -0.2) is 37.2 Å². The fourth-order valence-electron chi connectivity index (χ4n) is 0.750. The van der Waals surface area contributed by atoms with Gasteiger partial charge in [-0.1, -0.05) is 0 Å². The van der Waals surface area contributed by atoms with Crippen molar-refractivity contribution in [1.82, 2.24) is 0 Å². The first-order chi connectivity index (χ1) is 6.05. The average molecular weight is 227 g/mol. The summed E-state index contributed by atoms with van der Waals surface area (Å²) >= 11 is 0. The molecule has 0 fully saturated rings. The Labute approximate surface area is 78.5 Å². The average Bonchev–Trinajstić information content (AvgIpc) is 1.98. The smallest absolute Gasteiger partial charge is 0.357 e. The topological polar surface area (TPSA) is 158 Å². The maximum Gasteiger partial charge on any atom is 0.357 e. The zero-order chi connectivity index (χ0) is 11.7. The molecule has 0 saturated carbocycles. The fraction of sp³-hybridized carbons (Fsp3) is 0.600. The number of aliphatic carboxylic acids is 2. The Kier molecular flexibility index (Phi) is 3.41. The van der Waals surface area contributed by atoms with Gasteiger partial charge in [0.15, 0.2) is 0 Å². The number of rotatable bonds is 4. The summed E-state index contributed by atoms with van der Waals surface area (Å²) in [4.78, 5) is 38.3. The number of hydrogen-bond donors (Lipinski definition) is 5. The van der Waals surface area contributed by atoms with Crippen molar-refractivity contribution >= 4 is 19.5 Å². The zero-order valence-electron chi connectivity index (χ0n) is 7.12. The highest BCUT2D eigenvalue weighted by Crippen LogP contribution is 2.51. The molecule has 6 N–H and O–H groups in total. The Morgan fingerprint density at radius 1 is 1.36 bits per heavy atom. The highest BCUT2D eigenvalue weighted by atomic mass is 31.2. The standard InChI is InChI=1S/C5H10NO7P/c1-2(3(7)8)5(6,4(9)10)14(11,12)13/h2H,6H2,1H3,(H,7,8)(H,9,10)(H2,11,12,13). The highest BCUT2D eigenvalue weighted by Gasteiger charge is 2.57. The number of hydrogen-bond acceptors (Lipinski definition) is 4. The maximum atomic E-state index is 10.8. The molecule has 0 radical (unpaired) electrons. The van der Waals surface area contributed by atoms with Gasteiger partial charge >= 0.3 is 19.5 Å². The first kappa shape index (κ1) is 13.1. The van der Waals surface area contributed by atoms with Gasteiger partial charge in [0.25, 0.3) is 0 Å². The van der Waals surface area contributed by atoms with Crippen LogP contribution in [0, 0.1) is 5.92 Å². The predicted molar refractivity (Wildman–Crippen MR) is 43.4 cm³/mol. The number of carboxylic acid groups (broad SMARTS) is 2. The molecule has 0 aromatic rings. The van der Waals surface area contributed by atoms with Crippen LogP contribution in [0.1, 0.15) is 6.92 Å². The van der Waals surface area contributed by atoms with Gasteiger partial charge < -0.3 is 25.7 Å². The monoisotopic (exact) mass is 227 g/mol. The van der Waals surface area contributed by atoms with E-state index in [2.05, 4.69) is 0 Å². The molecule has 0 amide bonds. The van der Waals surface area contributed by atoms with Crippen LogP contribution in [0.4, 0.5) is 0 Å². The van der Waals surface area contributed by atoms with Gasteiger partial charge in [0.2, 0.25) is 5.28 Å². The van der Waals surface area contributed by atoms with Crippen molar-refractivity contribution in [3.8, 4) is 0 Å². The van der Waals surface area contributed by atoms with Gasteiger partial charge in [0, 0.05) is 0 Å². The molecule has 0 aliphatic carbocycles. The van der Waals surface area contributed by atoms with Crippen molar-refractivity contribution in [3.05, 3.63) is 0 Å². The second-order valence-electron chi connectivity index (χ2n) is 2.73. The molecule has 0 spiro atoms. The van der Waals surface area contributed by atoms with Crippen molar-refractivity contribution in [2.24, 2.45) is 11.7 Å². The van der Waals surface area contributed by atoms with Crippen LogP contribution in [0.25, 0.3) is 0 Å². The van der Waals surface area contributed by atoms with E-state index in [1.54, 1.807) is 0 Å². The molecule has 0 aliphatic rings. The minimum absolute atomic E-state index is 0.815. The molecule has 14 heavy (non-hydrogen) atoms. The van der Waals surface area contributed by atoms with Crippen molar-refractivity contribution in [2.75, 3.05) is 0 Å². The van der Waals surface area contributed by atoms with Crippen LogP contribution in [0.2, 0.25) is 0 Å². The summed E-state index contributed by atoms with van der Waals surface area (Å²) in [5, 5.41) is 13.9. The fourth-order valence-corrected chi connectivity index (χ4v) is 1.61. The van der Waals surface area contributed by atoms with Crippen molar-refractivity contribution in [1.29, 1.82) is 0 Å². The zero-order valence-corrected chi connectivity index (χ0v) is 8.01. The number of carboxylic acids is 2. The quantitative estimate of drug-likeness (QED) is 0.367. The maximum absolute atomic E-state index is 10.8.